The van der Waals surface area contributed by atoms with Gasteiger partial charge in [-0.2, -0.15) is 0 Å². The van der Waals surface area contributed by atoms with E-state index in [0.717, 1.165) is 10.4 Å². The monoisotopic (exact) mass is 276 g/mol. The molecule has 2 rings (SSSR count). The van der Waals surface area contributed by atoms with Crippen molar-refractivity contribution < 1.29 is 5.11 Å². The lowest BCUT2D eigenvalue weighted by Crippen LogP contribution is -2.37. The largest absolute Gasteiger partial charge is 0.384 e. The van der Waals surface area contributed by atoms with E-state index < -0.39 is 0 Å². The zero-order valence-corrected chi connectivity index (χ0v) is 11.1. The van der Waals surface area contributed by atoms with Gasteiger partial charge in [0.25, 0.3) is 5.56 Å². The van der Waals surface area contributed by atoms with E-state index in [4.69, 9.17) is 5.11 Å². The van der Waals surface area contributed by atoms with E-state index in [1.807, 2.05) is 11.4 Å². The van der Waals surface area contributed by atoms with Crippen LogP contribution in [-0.4, -0.2) is 20.8 Å². The van der Waals surface area contributed by atoms with E-state index >= 15 is 0 Å². The number of aliphatic hydroxyl groups excluding tert-OH is 1. The summed E-state index contributed by atoms with van der Waals surface area (Å²) in [5.41, 5.74) is 0.109. The van der Waals surface area contributed by atoms with Gasteiger partial charge in [0.2, 0.25) is 0 Å². The topological polar surface area (TPSA) is 64.2 Å². The Kier molecular flexibility index (Phi) is 4.00. The fraction of sp³-hybridized carbons (Fsp3) is 0.231. The summed E-state index contributed by atoms with van der Waals surface area (Å²) in [4.78, 5) is 24.4. The van der Waals surface area contributed by atoms with Gasteiger partial charge in [0.15, 0.2) is 0 Å². The molecule has 2 aromatic rings. The Morgan fingerprint density at radius 2 is 2.21 bits per heavy atom. The van der Waals surface area contributed by atoms with Gasteiger partial charge in [0, 0.05) is 35.1 Å². The number of aryl methyl sites for hydroxylation is 1. The second-order valence-electron chi connectivity index (χ2n) is 3.90. The molecule has 5 nitrogen and oxygen atoms in total. The van der Waals surface area contributed by atoms with Crippen LogP contribution in [0.5, 0.6) is 0 Å². The molecule has 0 amide bonds. The third-order valence-electron chi connectivity index (χ3n) is 2.52. The van der Waals surface area contributed by atoms with Crippen LogP contribution < -0.4 is 11.2 Å². The van der Waals surface area contributed by atoms with Crippen molar-refractivity contribution in [2.24, 2.45) is 7.05 Å². The second kappa shape index (κ2) is 5.69. The smallest absolute Gasteiger partial charge is 0.331 e. The van der Waals surface area contributed by atoms with Crippen LogP contribution in [0.15, 0.2) is 33.3 Å². The van der Waals surface area contributed by atoms with Crippen LogP contribution in [0.1, 0.15) is 10.4 Å². The molecular formula is C13H12N2O3S. The van der Waals surface area contributed by atoms with Crippen molar-refractivity contribution in [1.82, 2.24) is 9.13 Å². The van der Waals surface area contributed by atoms with Crippen LogP contribution in [-0.2, 0) is 13.6 Å². The summed E-state index contributed by atoms with van der Waals surface area (Å²) in [6.45, 7) is 0.0433. The highest BCUT2D eigenvalue weighted by atomic mass is 32.1. The number of nitrogens with zero attached hydrogens (tertiary/aromatic N) is 2. The highest BCUT2D eigenvalue weighted by molar-refractivity contribution is 7.10. The summed E-state index contributed by atoms with van der Waals surface area (Å²) in [6, 6.07) is 3.17. The van der Waals surface area contributed by atoms with Crippen molar-refractivity contribution in [3.05, 3.63) is 55.0 Å². The maximum absolute atomic E-state index is 11.8. The van der Waals surface area contributed by atoms with Crippen molar-refractivity contribution in [2.75, 3.05) is 6.61 Å². The molecule has 6 heteroatoms. The predicted molar refractivity (Wildman–Crippen MR) is 73.3 cm³/mol. The summed E-state index contributed by atoms with van der Waals surface area (Å²) in [5, 5.41) is 10.4. The van der Waals surface area contributed by atoms with Crippen molar-refractivity contribution in [1.29, 1.82) is 0 Å². The van der Waals surface area contributed by atoms with Gasteiger partial charge in [-0.1, -0.05) is 11.8 Å². The summed E-state index contributed by atoms with van der Waals surface area (Å²) in [6.07, 6.45) is 1.45. The molecule has 0 saturated carbocycles. The van der Waals surface area contributed by atoms with Gasteiger partial charge < -0.3 is 9.67 Å². The summed E-state index contributed by atoms with van der Waals surface area (Å²) in [5.74, 6) is 5.33. The Balaban J connectivity index is 2.32. The van der Waals surface area contributed by atoms with Gasteiger partial charge in [-0.3, -0.25) is 9.36 Å². The lowest BCUT2D eigenvalue weighted by Gasteiger charge is -2.04. The van der Waals surface area contributed by atoms with Gasteiger partial charge in [-0.05, 0) is 6.07 Å². The number of aliphatic hydroxyl groups is 1. The van der Waals surface area contributed by atoms with E-state index in [2.05, 4.69) is 11.8 Å². The minimum Gasteiger partial charge on any atom is -0.384 e. The molecule has 1 N–H and O–H groups in total. The predicted octanol–water partition coefficient (Wildman–Crippen LogP) is 0.000600. The van der Waals surface area contributed by atoms with Gasteiger partial charge in [-0.25, -0.2) is 4.79 Å². The summed E-state index contributed by atoms with van der Waals surface area (Å²) >= 11 is 1.43. The molecule has 2 aromatic heterocycles. The van der Waals surface area contributed by atoms with Crippen LogP contribution in [0.25, 0.3) is 0 Å². The first-order chi connectivity index (χ1) is 9.11. The molecule has 0 saturated heterocycles. The molecule has 0 aliphatic rings. The minimum atomic E-state index is -0.344. The standard InChI is InChI=1S/C13H12N2O3S/c1-14-5-4-12(17)15(13(14)18)8-11-7-10(9-19-11)3-2-6-16/h4-5,7,9,16H,6,8H2,1H3. The molecule has 0 atom stereocenters. The number of thiophene rings is 1. The third-order valence-corrected chi connectivity index (χ3v) is 3.44. The molecule has 2 heterocycles. The molecule has 0 aliphatic heterocycles. The highest BCUT2D eigenvalue weighted by Crippen LogP contribution is 2.14. The lowest BCUT2D eigenvalue weighted by molar-refractivity contribution is 0.350. The maximum Gasteiger partial charge on any atom is 0.331 e. The average Bonchev–Trinajstić information content (AvgIpc) is 2.84. The first kappa shape index (κ1) is 13.3. The first-order valence-corrected chi connectivity index (χ1v) is 6.43. The summed E-state index contributed by atoms with van der Waals surface area (Å²) < 4.78 is 2.54. The van der Waals surface area contributed by atoms with Crippen LogP contribution in [0.3, 0.4) is 0 Å². The zero-order chi connectivity index (χ0) is 13.8. The van der Waals surface area contributed by atoms with E-state index in [1.165, 1.54) is 32.7 Å². The molecule has 0 aromatic carbocycles. The molecule has 0 unspecified atom stereocenters. The molecular weight excluding hydrogens is 264 g/mol. The van der Waals surface area contributed by atoms with Crippen molar-refractivity contribution >= 4 is 11.3 Å². The fourth-order valence-electron chi connectivity index (χ4n) is 1.59. The van der Waals surface area contributed by atoms with Crippen molar-refractivity contribution in [3.63, 3.8) is 0 Å². The molecule has 0 aliphatic carbocycles. The second-order valence-corrected chi connectivity index (χ2v) is 4.89. The number of hydrogen-bond donors (Lipinski definition) is 1. The number of aromatic nitrogens is 2. The highest BCUT2D eigenvalue weighted by Gasteiger charge is 2.05. The van der Waals surface area contributed by atoms with Gasteiger partial charge in [0.05, 0.1) is 6.54 Å². The minimum absolute atomic E-state index is 0.191. The first-order valence-electron chi connectivity index (χ1n) is 5.55. The Morgan fingerprint density at radius 3 is 2.95 bits per heavy atom. The number of rotatable bonds is 2. The van der Waals surface area contributed by atoms with Crippen LogP contribution in [0.2, 0.25) is 0 Å². The van der Waals surface area contributed by atoms with Crippen LogP contribution >= 0.6 is 11.3 Å². The molecule has 19 heavy (non-hydrogen) atoms. The molecule has 0 bridgehead atoms. The van der Waals surface area contributed by atoms with Crippen LogP contribution in [0, 0.1) is 11.8 Å². The lowest BCUT2D eigenvalue weighted by atomic mass is 10.3. The van der Waals surface area contributed by atoms with Gasteiger partial charge in [-0.15, -0.1) is 11.3 Å². The van der Waals surface area contributed by atoms with Crippen molar-refractivity contribution in [2.45, 2.75) is 6.54 Å². The normalized spacial score (nSPS) is 10.0. The quantitative estimate of drug-likeness (QED) is 0.785. The van der Waals surface area contributed by atoms with Crippen LogP contribution in [0.4, 0.5) is 0 Å². The van der Waals surface area contributed by atoms with E-state index in [1.54, 1.807) is 7.05 Å². The zero-order valence-electron chi connectivity index (χ0n) is 10.3. The van der Waals surface area contributed by atoms with E-state index in [-0.39, 0.29) is 24.4 Å². The Bertz CT molecular complexity index is 758. The van der Waals surface area contributed by atoms with E-state index in [9.17, 15) is 9.59 Å². The Hall–Kier alpha value is -2.10. The fourth-order valence-corrected chi connectivity index (χ4v) is 2.39. The maximum atomic E-state index is 11.8. The summed E-state index contributed by atoms with van der Waals surface area (Å²) in [7, 11) is 1.60. The molecule has 98 valence electrons. The van der Waals surface area contributed by atoms with Crippen molar-refractivity contribution in [3.8, 4) is 11.8 Å². The van der Waals surface area contributed by atoms with E-state index in [0.29, 0.717) is 0 Å². The third kappa shape index (κ3) is 3.02. The van der Waals surface area contributed by atoms with Gasteiger partial charge in [0.1, 0.15) is 6.61 Å². The molecule has 0 spiro atoms. The molecule has 0 radical (unpaired) electrons. The SMILES string of the molecule is Cn1ccc(=O)n(Cc2cc(C#CCO)cs2)c1=O. The Labute approximate surface area is 113 Å². The average molecular weight is 276 g/mol. The van der Waals surface area contributed by atoms with Gasteiger partial charge >= 0.3 is 5.69 Å². The molecule has 0 fully saturated rings. The number of hydrogen-bond acceptors (Lipinski definition) is 4. The Morgan fingerprint density at radius 1 is 1.42 bits per heavy atom.